The van der Waals surface area contributed by atoms with E-state index >= 15 is 4.39 Å². The molecule has 2 aliphatic carbocycles. The predicted octanol–water partition coefficient (Wildman–Crippen LogP) is 8.80. The Labute approximate surface area is 226 Å². The zero-order chi connectivity index (χ0) is 32.8. The van der Waals surface area contributed by atoms with Crippen LogP contribution in [-0.2, 0) is 9.47 Å². The fraction of sp³-hybridized carbons (Fsp3) is 0.952. The van der Waals surface area contributed by atoms with Crippen LogP contribution in [0.3, 0.4) is 0 Å². The molecule has 2 atom stereocenters. The molecule has 0 aromatic rings. The molecule has 0 bridgehead atoms. The third-order valence-electron chi connectivity index (χ3n) is 6.86. The maximum atomic E-state index is 15.5. The molecule has 2 fully saturated rings. The summed E-state index contributed by atoms with van der Waals surface area (Å²) in [5.41, 5.74) is 0. The van der Waals surface area contributed by atoms with E-state index in [4.69, 9.17) is 5.41 Å². The predicted molar refractivity (Wildman–Crippen MR) is 106 cm³/mol. The number of halogens is 17. The Bertz CT molecular complexity index is 921. The standard InChI is InChI=1S/C21H23F17N2O2/c22-14(17(26,27)28,13(39)40(11-7-3-1-4-8-11)12-9-5-2-6-10-12)41-21(37,38)16(25,19(32,33)34)42-20(35,36)15(23,24)18(29,30)31/h11-12,39H,1-10H2. The molecule has 1 N–H and O–H groups in total. The maximum absolute atomic E-state index is 15.5. The lowest BCUT2D eigenvalue weighted by atomic mass is 9.88. The van der Waals surface area contributed by atoms with Gasteiger partial charge in [-0.2, -0.15) is 74.6 Å². The molecule has 4 nitrogen and oxygen atoms in total. The first-order chi connectivity index (χ1) is 18.7. The van der Waals surface area contributed by atoms with Crippen molar-refractivity contribution >= 4 is 5.84 Å². The molecule has 0 aromatic heterocycles. The van der Waals surface area contributed by atoms with Gasteiger partial charge in [0.15, 0.2) is 5.84 Å². The van der Waals surface area contributed by atoms with Crippen LogP contribution in [0.5, 0.6) is 0 Å². The van der Waals surface area contributed by atoms with E-state index in [0.29, 0.717) is 17.7 Å². The molecule has 0 heterocycles. The quantitative estimate of drug-likeness (QED) is 0.153. The van der Waals surface area contributed by atoms with Gasteiger partial charge in [-0.3, -0.25) is 14.9 Å². The summed E-state index contributed by atoms with van der Waals surface area (Å²) in [5.74, 6) is -24.9. The minimum absolute atomic E-state index is 0.0688. The normalized spacial score (nSPS) is 22.4. The third kappa shape index (κ3) is 6.64. The number of nitrogens with zero attached hydrogens (tertiary/aromatic N) is 1. The lowest BCUT2D eigenvalue weighted by Gasteiger charge is -2.47. The van der Waals surface area contributed by atoms with Gasteiger partial charge in [-0.05, 0) is 25.7 Å². The van der Waals surface area contributed by atoms with Crippen molar-refractivity contribution in [2.45, 2.75) is 125 Å². The Balaban J connectivity index is 2.64. The molecular weight excluding hydrogens is 635 g/mol. The van der Waals surface area contributed by atoms with Gasteiger partial charge in [0.25, 0.3) is 0 Å². The molecule has 42 heavy (non-hydrogen) atoms. The zero-order valence-electron chi connectivity index (χ0n) is 20.9. The molecule has 0 amide bonds. The first-order valence-electron chi connectivity index (χ1n) is 12.2. The highest BCUT2D eigenvalue weighted by molar-refractivity contribution is 5.88. The van der Waals surface area contributed by atoms with Crippen molar-refractivity contribution in [2.24, 2.45) is 0 Å². The summed E-state index contributed by atoms with van der Waals surface area (Å²) in [6.07, 6.45) is -36.3. The number of hydrogen-bond donors (Lipinski definition) is 1. The summed E-state index contributed by atoms with van der Waals surface area (Å²) in [6, 6.07) is -2.40. The van der Waals surface area contributed by atoms with Crippen LogP contribution in [-0.4, -0.2) is 71.2 Å². The number of amidine groups is 1. The molecule has 0 aromatic carbocycles. The number of nitrogens with one attached hydrogen (secondary N) is 1. The molecule has 2 unspecified atom stereocenters. The van der Waals surface area contributed by atoms with Crippen molar-refractivity contribution in [2.75, 3.05) is 0 Å². The van der Waals surface area contributed by atoms with Gasteiger partial charge in [0.1, 0.15) is 0 Å². The van der Waals surface area contributed by atoms with Crippen LogP contribution in [0, 0.1) is 5.41 Å². The van der Waals surface area contributed by atoms with Crippen molar-refractivity contribution in [3.05, 3.63) is 0 Å². The molecule has 0 saturated heterocycles. The largest absolute Gasteiger partial charge is 0.462 e. The van der Waals surface area contributed by atoms with E-state index in [1.165, 1.54) is 0 Å². The van der Waals surface area contributed by atoms with Gasteiger partial charge in [0.2, 0.25) is 0 Å². The molecule has 0 spiro atoms. The highest BCUT2D eigenvalue weighted by atomic mass is 19.4. The molecule has 21 heteroatoms. The fourth-order valence-corrected chi connectivity index (χ4v) is 4.72. The Morgan fingerprint density at radius 1 is 0.500 bits per heavy atom. The van der Waals surface area contributed by atoms with Crippen LogP contribution in [0.1, 0.15) is 64.2 Å². The second-order valence-corrected chi connectivity index (χ2v) is 9.84. The number of ether oxygens (including phenoxy) is 2. The van der Waals surface area contributed by atoms with Crippen molar-refractivity contribution in [3.63, 3.8) is 0 Å². The minimum atomic E-state index is -7.96. The average molecular weight is 658 g/mol. The Kier molecular flexibility index (Phi) is 10.1. The molecule has 2 aliphatic rings. The van der Waals surface area contributed by atoms with Gasteiger partial charge in [-0.25, -0.2) is 0 Å². The van der Waals surface area contributed by atoms with Crippen molar-refractivity contribution < 1.29 is 84.1 Å². The van der Waals surface area contributed by atoms with Gasteiger partial charge in [0.05, 0.1) is 0 Å². The zero-order valence-corrected chi connectivity index (χ0v) is 20.9. The summed E-state index contributed by atoms with van der Waals surface area (Å²) >= 11 is 0. The fourth-order valence-electron chi connectivity index (χ4n) is 4.72. The second-order valence-electron chi connectivity index (χ2n) is 9.84. The maximum Gasteiger partial charge on any atom is 0.462 e. The monoisotopic (exact) mass is 658 g/mol. The number of hydrogen-bond acceptors (Lipinski definition) is 3. The Morgan fingerprint density at radius 2 is 0.881 bits per heavy atom. The van der Waals surface area contributed by atoms with E-state index < -0.39 is 66.3 Å². The number of alkyl halides is 17. The number of rotatable bonds is 9. The summed E-state index contributed by atoms with van der Waals surface area (Å²) in [6.45, 7) is 0. The third-order valence-corrected chi connectivity index (χ3v) is 6.86. The highest BCUT2D eigenvalue weighted by Crippen LogP contribution is 2.57. The van der Waals surface area contributed by atoms with Crippen LogP contribution >= 0.6 is 0 Å². The first kappa shape index (κ1) is 36.4. The second kappa shape index (κ2) is 11.6. The van der Waals surface area contributed by atoms with Crippen LogP contribution < -0.4 is 0 Å². The first-order valence-corrected chi connectivity index (χ1v) is 12.2. The SMILES string of the molecule is N=C(N(C1CCCCC1)C1CCCCC1)C(F)(OC(F)(F)C(F)(OC(F)(F)C(F)(F)C(F)(F)F)C(F)(F)F)C(F)(F)F. The summed E-state index contributed by atoms with van der Waals surface area (Å²) in [5, 5.41) is 7.84. The summed E-state index contributed by atoms with van der Waals surface area (Å²) < 4.78 is 235. The average Bonchev–Trinajstić information content (AvgIpc) is 2.82. The molecule has 2 saturated carbocycles. The van der Waals surface area contributed by atoms with E-state index in [1.54, 1.807) is 4.74 Å². The van der Waals surface area contributed by atoms with E-state index in [0.717, 1.165) is 0 Å². The molecule has 0 aliphatic heterocycles. The van der Waals surface area contributed by atoms with E-state index in [2.05, 4.69) is 4.74 Å². The van der Waals surface area contributed by atoms with E-state index in [1.807, 2.05) is 0 Å². The molecular formula is C21H23F17N2O2. The van der Waals surface area contributed by atoms with Crippen LogP contribution in [0.4, 0.5) is 74.6 Å². The lowest BCUT2D eigenvalue weighted by Crippen LogP contribution is -2.69. The lowest BCUT2D eigenvalue weighted by molar-refractivity contribution is -0.547. The van der Waals surface area contributed by atoms with Crippen LogP contribution in [0.15, 0.2) is 0 Å². The topological polar surface area (TPSA) is 45.6 Å². The Hall–Kier alpha value is -1.80. The summed E-state index contributed by atoms with van der Waals surface area (Å²) in [7, 11) is 0. The van der Waals surface area contributed by atoms with Crippen molar-refractivity contribution in [3.8, 4) is 0 Å². The van der Waals surface area contributed by atoms with Gasteiger partial charge in [0, 0.05) is 12.1 Å². The van der Waals surface area contributed by atoms with Crippen molar-refractivity contribution in [1.29, 1.82) is 5.41 Å². The Morgan fingerprint density at radius 3 is 1.19 bits per heavy atom. The van der Waals surface area contributed by atoms with Gasteiger partial charge >= 0.3 is 48.4 Å². The highest BCUT2D eigenvalue weighted by Gasteiger charge is 2.85. The molecule has 0 radical (unpaired) electrons. The van der Waals surface area contributed by atoms with Gasteiger partial charge in [-0.15, -0.1) is 0 Å². The molecule has 2 rings (SSSR count). The van der Waals surface area contributed by atoms with Crippen LogP contribution in [0.2, 0.25) is 0 Å². The smallest absolute Gasteiger partial charge is 0.349 e. The van der Waals surface area contributed by atoms with Gasteiger partial charge < -0.3 is 4.90 Å². The minimum Gasteiger partial charge on any atom is -0.349 e. The summed E-state index contributed by atoms with van der Waals surface area (Å²) in [4.78, 5) is 0.322. The van der Waals surface area contributed by atoms with E-state index in [-0.39, 0.29) is 51.4 Å². The van der Waals surface area contributed by atoms with Crippen molar-refractivity contribution in [1.82, 2.24) is 4.90 Å². The molecule has 248 valence electrons. The van der Waals surface area contributed by atoms with E-state index in [9.17, 15) is 70.2 Å². The van der Waals surface area contributed by atoms with Gasteiger partial charge in [-0.1, -0.05) is 38.5 Å². The van der Waals surface area contributed by atoms with Crippen LogP contribution in [0.25, 0.3) is 0 Å².